The van der Waals surface area contributed by atoms with E-state index >= 15 is 0 Å². The summed E-state index contributed by atoms with van der Waals surface area (Å²) in [5, 5.41) is 6.44. The first kappa shape index (κ1) is 15.3. The maximum Gasteiger partial charge on any atom is 0.257 e. The summed E-state index contributed by atoms with van der Waals surface area (Å²) in [6.07, 6.45) is 4.37. The zero-order chi connectivity index (χ0) is 16.7. The van der Waals surface area contributed by atoms with Crippen LogP contribution in [0, 0.1) is 5.92 Å². The van der Waals surface area contributed by atoms with E-state index in [9.17, 15) is 9.59 Å². The second-order valence-corrected chi connectivity index (χ2v) is 7.69. The molecule has 2 aliphatic rings. The molecule has 0 bridgehead atoms. The number of aryl methyl sites for hydroxylation is 2. The van der Waals surface area contributed by atoms with Gasteiger partial charge in [0.15, 0.2) is 5.13 Å². The average Bonchev–Trinajstić information content (AvgIpc) is 2.95. The number of amides is 2. The van der Waals surface area contributed by atoms with Crippen LogP contribution >= 0.6 is 11.3 Å². The summed E-state index contributed by atoms with van der Waals surface area (Å²) < 4.78 is 0. The van der Waals surface area contributed by atoms with Crippen molar-refractivity contribution >= 4 is 34.0 Å². The van der Waals surface area contributed by atoms with E-state index in [-0.39, 0.29) is 11.8 Å². The number of fused-ring (bicyclic) bond motifs is 2. The van der Waals surface area contributed by atoms with Gasteiger partial charge in [0.2, 0.25) is 5.91 Å². The average molecular weight is 341 g/mol. The van der Waals surface area contributed by atoms with E-state index in [0.29, 0.717) is 29.5 Å². The molecule has 6 heteroatoms. The molecule has 1 aromatic heterocycles. The lowest BCUT2D eigenvalue weighted by molar-refractivity contribution is -0.116. The Morgan fingerprint density at radius 2 is 2.21 bits per heavy atom. The van der Waals surface area contributed by atoms with E-state index in [2.05, 4.69) is 22.5 Å². The molecule has 1 aromatic carbocycles. The van der Waals surface area contributed by atoms with Crippen LogP contribution < -0.4 is 10.6 Å². The van der Waals surface area contributed by atoms with Crippen molar-refractivity contribution in [1.29, 1.82) is 0 Å². The molecule has 24 heavy (non-hydrogen) atoms. The molecule has 0 unspecified atom stereocenters. The van der Waals surface area contributed by atoms with Crippen molar-refractivity contribution in [3.8, 4) is 0 Å². The van der Waals surface area contributed by atoms with Crippen molar-refractivity contribution in [2.45, 2.75) is 39.0 Å². The Morgan fingerprint density at radius 1 is 1.33 bits per heavy atom. The Hall–Kier alpha value is -2.21. The lowest BCUT2D eigenvalue weighted by Crippen LogP contribution is -2.20. The summed E-state index contributed by atoms with van der Waals surface area (Å²) in [4.78, 5) is 29.8. The number of nitrogens with zero attached hydrogens (tertiary/aromatic N) is 1. The highest BCUT2D eigenvalue weighted by atomic mass is 32.1. The number of rotatable bonds is 2. The molecule has 2 heterocycles. The summed E-state index contributed by atoms with van der Waals surface area (Å²) in [5.41, 5.74) is 3.56. The quantitative estimate of drug-likeness (QED) is 0.879. The van der Waals surface area contributed by atoms with Gasteiger partial charge in [0.1, 0.15) is 0 Å². The Balaban J connectivity index is 1.51. The minimum Gasteiger partial charge on any atom is -0.326 e. The lowest BCUT2D eigenvalue weighted by Gasteiger charge is -2.17. The molecule has 0 fully saturated rings. The van der Waals surface area contributed by atoms with Crippen LogP contribution in [0.2, 0.25) is 0 Å². The first-order valence-electron chi connectivity index (χ1n) is 8.31. The number of anilines is 2. The molecule has 2 aromatic rings. The maximum absolute atomic E-state index is 12.5. The van der Waals surface area contributed by atoms with Gasteiger partial charge in [-0.1, -0.05) is 6.92 Å². The summed E-state index contributed by atoms with van der Waals surface area (Å²) in [6, 6.07) is 5.41. The van der Waals surface area contributed by atoms with E-state index < -0.39 is 0 Å². The van der Waals surface area contributed by atoms with Gasteiger partial charge in [0, 0.05) is 22.5 Å². The van der Waals surface area contributed by atoms with Crippen molar-refractivity contribution in [2.75, 3.05) is 10.6 Å². The monoisotopic (exact) mass is 341 g/mol. The highest BCUT2D eigenvalue weighted by Crippen LogP contribution is 2.32. The zero-order valence-corrected chi connectivity index (χ0v) is 14.3. The fourth-order valence-electron chi connectivity index (χ4n) is 3.29. The van der Waals surface area contributed by atoms with E-state index in [1.165, 1.54) is 11.3 Å². The number of carbonyl (C=O) groups excluding carboxylic acids is 2. The minimum absolute atomic E-state index is 0.0299. The normalized spacial score (nSPS) is 19.2. The molecular formula is C18H19N3O2S. The van der Waals surface area contributed by atoms with Gasteiger partial charge in [-0.2, -0.15) is 0 Å². The van der Waals surface area contributed by atoms with Gasteiger partial charge in [0.05, 0.1) is 5.69 Å². The van der Waals surface area contributed by atoms with Crippen LogP contribution in [-0.4, -0.2) is 16.8 Å². The molecule has 124 valence electrons. The van der Waals surface area contributed by atoms with Crippen molar-refractivity contribution < 1.29 is 9.59 Å². The van der Waals surface area contributed by atoms with Crippen molar-refractivity contribution in [3.63, 3.8) is 0 Å². The Labute approximate surface area is 144 Å². The number of nitrogens with one attached hydrogen (secondary N) is 2. The molecular weight excluding hydrogens is 322 g/mol. The van der Waals surface area contributed by atoms with Crippen LogP contribution in [-0.2, 0) is 24.1 Å². The van der Waals surface area contributed by atoms with Crippen molar-refractivity contribution in [2.24, 2.45) is 5.92 Å². The number of benzene rings is 1. The van der Waals surface area contributed by atoms with E-state index in [1.807, 2.05) is 6.07 Å². The SMILES string of the molecule is C[C@@H]1CCc2nc(NC(=O)c3ccc4c(c3)CCC(=O)N4)sc2C1. The van der Waals surface area contributed by atoms with Crippen molar-refractivity contribution in [3.05, 3.63) is 39.9 Å². The molecule has 2 N–H and O–H groups in total. The fourth-order valence-corrected chi connectivity index (χ4v) is 4.45. The van der Waals surface area contributed by atoms with Gasteiger partial charge in [0.25, 0.3) is 5.91 Å². The third-order valence-corrected chi connectivity index (χ3v) is 5.70. The van der Waals surface area contributed by atoms with Crippen LogP contribution in [0.15, 0.2) is 18.2 Å². The van der Waals surface area contributed by atoms with Gasteiger partial charge >= 0.3 is 0 Å². The smallest absolute Gasteiger partial charge is 0.257 e. The summed E-state index contributed by atoms with van der Waals surface area (Å²) in [7, 11) is 0. The molecule has 0 saturated heterocycles. The fraction of sp³-hybridized carbons (Fsp3) is 0.389. The van der Waals surface area contributed by atoms with Crippen LogP contribution in [0.1, 0.15) is 46.3 Å². The van der Waals surface area contributed by atoms with Gasteiger partial charge in [-0.05, 0) is 55.4 Å². The van der Waals surface area contributed by atoms with Crippen LogP contribution in [0.25, 0.3) is 0 Å². The van der Waals surface area contributed by atoms with Crippen LogP contribution in [0.4, 0.5) is 10.8 Å². The van der Waals surface area contributed by atoms with Crippen molar-refractivity contribution in [1.82, 2.24) is 4.98 Å². The molecule has 5 nitrogen and oxygen atoms in total. The second kappa shape index (κ2) is 6.02. The van der Waals surface area contributed by atoms with Crippen LogP contribution in [0.3, 0.4) is 0 Å². The molecule has 2 amide bonds. The second-order valence-electron chi connectivity index (χ2n) is 6.61. The summed E-state index contributed by atoms with van der Waals surface area (Å²) in [5.74, 6) is 0.577. The number of hydrogen-bond donors (Lipinski definition) is 2. The van der Waals surface area contributed by atoms with E-state index in [4.69, 9.17) is 0 Å². The van der Waals surface area contributed by atoms with E-state index in [1.54, 1.807) is 23.5 Å². The molecule has 4 rings (SSSR count). The third kappa shape index (κ3) is 2.94. The van der Waals surface area contributed by atoms with Gasteiger partial charge < -0.3 is 5.32 Å². The molecule has 0 radical (unpaired) electrons. The standard InChI is InChI=1S/C18H19N3O2S/c1-10-2-5-14-15(8-10)24-18(20-14)21-17(23)12-3-6-13-11(9-12)4-7-16(22)19-13/h3,6,9-10H,2,4-5,7-8H2,1H3,(H,19,22)(H,20,21,23)/t10-/m1/s1. The molecule has 0 saturated carbocycles. The summed E-state index contributed by atoms with van der Waals surface area (Å²) >= 11 is 1.59. The predicted octanol–water partition coefficient (Wildman–Crippen LogP) is 3.40. The van der Waals surface area contributed by atoms with Gasteiger partial charge in [-0.3, -0.25) is 14.9 Å². The molecule has 1 aliphatic heterocycles. The molecule has 0 spiro atoms. The van der Waals surface area contributed by atoms with Gasteiger partial charge in [-0.15, -0.1) is 11.3 Å². The number of carbonyl (C=O) groups is 2. The van der Waals surface area contributed by atoms with E-state index in [0.717, 1.165) is 29.8 Å². The first-order chi connectivity index (χ1) is 11.6. The minimum atomic E-state index is -0.145. The summed E-state index contributed by atoms with van der Waals surface area (Å²) in [6.45, 7) is 2.26. The first-order valence-corrected chi connectivity index (χ1v) is 9.13. The lowest BCUT2D eigenvalue weighted by atomic mass is 9.93. The Morgan fingerprint density at radius 3 is 3.08 bits per heavy atom. The van der Waals surface area contributed by atoms with Crippen LogP contribution in [0.5, 0.6) is 0 Å². The van der Waals surface area contributed by atoms with Gasteiger partial charge in [-0.25, -0.2) is 4.98 Å². The highest BCUT2D eigenvalue weighted by Gasteiger charge is 2.21. The zero-order valence-electron chi connectivity index (χ0n) is 13.5. The Bertz CT molecular complexity index is 828. The molecule has 1 aliphatic carbocycles. The largest absolute Gasteiger partial charge is 0.326 e. The highest BCUT2D eigenvalue weighted by molar-refractivity contribution is 7.15. The number of hydrogen-bond acceptors (Lipinski definition) is 4. The molecule has 1 atom stereocenters. The Kier molecular flexibility index (Phi) is 3.84. The number of thiazole rings is 1. The predicted molar refractivity (Wildman–Crippen MR) is 94.6 cm³/mol. The third-order valence-electron chi connectivity index (χ3n) is 4.67. The number of aromatic nitrogens is 1. The maximum atomic E-state index is 12.5. The topological polar surface area (TPSA) is 71.1 Å².